The van der Waals surface area contributed by atoms with E-state index >= 15 is 0 Å². The summed E-state index contributed by atoms with van der Waals surface area (Å²) >= 11 is 2.54. The molecule has 0 amide bonds. The molecule has 0 radical (unpaired) electrons. The van der Waals surface area contributed by atoms with E-state index in [9.17, 15) is 10.2 Å². The van der Waals surface area contributed by atoms with Crippen molar-refractivity contribution in [3.8, 4) is 11.5 Å². The van der Waals surface area contributed by atoms with Crippen LogP contribution in [0.5, 0.6) is 11.5 Å². The van der Waals surface area contributed by atoms with E-state index in [2.05, 4.69) is 35.7 Å². The molecule has 2 nitrogen and oxygen atoms in total. The van der Waals surface area contributed by atoms with Crippen molar-refractivity contribution < 1.29 is 52.5 Å². The van der Waals surface area contributed by atoms with Crippen LogP contribution in [0, 0.1) is 0 Å². The maximum absolute atomic E-state index is 10.3. The van der Waals surface area contributed by atoms with Crippen LogP contribution in [0.25, 0.3) is 0 Å². The van der Waals surface area contributed by atoms with Crippen molar-refractivity contribution in [1.29, 1.82) is 0 Å². The van der Waals surface area contributed by atoms with Gasteiger partial charge >= 0.3 is 46.4 Å². The van der Waals surface area contributed by atoms with E-state index in [1.54, 1.807) is 24.3 Å². The average Bonchev–Trinajstić information content (AvgIpc) is 2.93. The molecule has 0 saturated heterocycles. The monoisotopic (exact) mass is 372 g/mol. The molecule has 3 rings (SSSR count). The van der Waals surface area contributed by atoms with Crippen LogP contribution in [0.1, 0.15) is 6.42 Å². The van der Waals surface area contributed by atoms with Crippen molar-refractivity contribution in [3.05, 3.63) is 83.2 Å². The van der Waals surface area contributed by atoms with E-state index in [1.165, 1.54) is 28.6 Å². The molecular weight excluding hydrogens is 358 g/mol. The molecule has 2 aromatic rings. The standard InChI is InChI=1S/2C6H6O.C5H5.2ClH.V/c2*7-6-4-2-1-3-5-6;1-2-4-5-3-1;;;/h2*1-5,7H;1-3H,4H2;2*1H;/q;;;;;+4/p-4. The zero-order valence-electron chi connectivity index (χ0n) is 11.7. The van der Waals surface area contributed by atoms with Crippen LogP contribution in [-0.2, 0) is 17.4 Å². The molecule has 0 aliphatic heterocycles. The molecule has 0 bridgehead atoms. The van der Waals surface area contributed by atoms with Gasteiger partial charge in [-0.2, -0.15) is 0 Å². The van der Waals surface area contributed by atoms with Crippen molar-refractivity contribution in [3.63, 3.8) is 0 Å². The minimum atomic E-state index is 0. The van der Waals surface area contributed by atoms with Gasteiger partial charge in [-0.1, -0.05) is 60.7 Å². The summed E-state index contributed by atoms with van der Waals surface area (Å²) in [5, 5.41) is 20.5. The molecule has 22 heavy (non-hydrogen) atoms. The normalized spacial score (nSPS) is 10.5. The molecule has 5 heteroatoms. The molecular formula is C17H15Cl2O2V. The van der Waals surface area contributed by atoms with Gasteiger partial charge in [0.15, 0.2) is 0 Å². The van der Waals surface area contributed by atoms with Crippen molar-refractivity contribution in [2.45, 2.75) is 6.42 Å². The summed E-state index contributed by atoms with van der Waals surface area (Å²) in [7, 11) is 0. The molecule has 0 heterocycles. The van der Waals surface area contributed by atoms with E-state index in [4.69, 9.17) is 0 Å². The third-order valence-electron chi connectivity index (χ3n) is 2.24. The van der Waals surface area contributed by atoms with Gasteiger partial charge in [-0.25, -0.2) is 0 Å². The second-order valence-corrected chi connectivity index (χ2v) is 4.81. The summed E-state index contributed by atoms with van der Waals surface area (Å²) in [6.07, 6.45) is 7.47. The first-order chi connectivity index (χ1) is 9.68. The molecule has 2 aromatic carbocycles. The molecule has 1 aliphatic rings. The molecule has 0 unspecified atom stereocenters. The zero-order chi connectivity index (χ0) is 14.6. The first kappa shape index (κ1) is 23.0. The molecule has 0 saturated carbocycles. The van der Waals surface area contributed by atoms with Gasteiger partial charge in [0.1, 0.15) is 0 Å². The SMILES string of the molecule is [Cl-].[Cl-].[O-]c1ccccc1.[O-]c1ccccc1.[V+4][C]1=CC=CC1. The van der Waals surface area contributed by atoms with E-state index in [1.807, 2.05) is 12.1 Å². The Kier molecular flexibility index (Phi) is 15.3. The van der Waals surface area contributed by atoms with Gasteiger partial charge in [0.25, 0.3) is 0 Å². The quantitative estimate of drug-likeness (QED) is 0.492. The zero-order valence-corrected chi connectivity index (χ0v) is 14.6. The molecule has 0 atom stereocenters. The molecule has 114 valence electrons. The summed E-state index contributed by atoms with van der Waals surface area (Å²) in [4.78, 5) is 0. The third kappa shape index (κ3) is 12.4. The Bertz CT molecular complexity index is 506. The Morgan fingerprint density at radius 3 is 1.27 bits per heavy atom. The van der Waals surface area contributed by atoms with E-state index in [0.717, 1.165) is 6.42 Å². The maximum atomic E-state index is 10.3. The molecule has 0 fully saturated rings. The Morgan fingerprint density at radius 1 is 0.727 bits per heavy atom. The molecule has 0 aromatic heterocycles. The number of halogens is 2. The molecule has 1 aliphatic carbocycles. The van der Waals surface area contributed by atoms with Gasteiger partial charge in [0.2, 0.25) is 0 Å². The van der Waals surface area contributed by atoms with Gasteiger partial charge in [0, 0.05) is 0 Å². The Balaban J connectivity index is 0. The predicted molar refractivity (Wildman–Crippen MR) is 73.6 cm³/mol. The number of hydrogen-bond acceptors (Lipinski definition) is 2. The topological polar surface area (TPSA) is 46.1 Å². The van der Waals surface area contributed by atoms with Gasteiger partial charge in [0.05, 0.1) is 0 Å². The number of para-hydroxylation sites is 2. The van der Waals surface area contributed by atoms with Crippen molar-refractivity contribution in [2.24, 2.45) is 0 Å². The molecule has 0 spiro atoms. The van der Waals surface area contributed by atoms with E-state index in [-0.39, 0.29) is 36.3 Å². The Labute approximate surface area is 153 Å². The van der Waals surface area contributed by atoms with Crippen LogP contribution < -0.4 is 35.0 Å². The Hall–Kier alpha value is -1.32. The minimum absolute atomic E-state index is 0. The summed E-state index contributed by atoms with van der Waals surface area (Å²) in [6, 6.07) is 16.7. The van der Waals surface area contributed by atoms with Crippen LogP contribution in [-0.4, -0.2) is 0 Å². The van der Waals surface area contributed by atoms with Crippen molar-refractivity contribution in [1.82, 2.24) is 0 Å². The number of allylic oxidation sites excluding steroid dienone is 4. The van der Waals surface area contributed by atoms with Crippen LogP contribution in [0.4, 0.5) is 0 Å². The number of rotatable bonds is 0. The average molecular weight is 373 g/mol. The van der Waals surface area contributed by atoms with Crippen LogP contribution in [0.3, 0.4) is 0 Å². The van der Waals surface area contributed by atoms with E-state index < -0.39 is 0 Å². The Morgan fingerprint density at radius 2 is 1.14 bits per heavy atom. The van der Waals surface area contributed by atoms with Gasteiger partial charge < -0.3 is 35.0 Å². The van der Waals surface area contributed by atoms with Gasteiger partial charge in [-0.3, -0.25) is 0 Å². The van der Waals surface area contributed by atoms with Gasteiger partial charge in [-0.05, 0) is 0 Å². The fourth-order valence-electron chi connectivity index (χ4n) is 1.28. The number of hydrogen-bond donors (Lipinski definition) is 0. The fourth-order valence-corrected chi connectivity index (χ4v) is 1.58. The van der Waals surface area contributed by atoms with Crippen molar-refractivity contribution >= 4 is 0 Å². The van der Waals surface area contributed by atoms with E-state index in [0.29, 0.717) is 0 Å². The van der Waals surface area contributed by atoms with Crippen LogP contribution in [0.2, 0.25) is 0 Å². The fraction of sp³-hybridized carbons (Fsp3) is 0.0588. The van der Waals surface area contributed by atoms with Crippen molar-refractivity contribution in [2.75, 3.05) is 0 Å². The van der Waals surface area contributed by atoms with Gasteiger partial charge in [-0.15, -0.1) is 11.5 Å². The first-order valence-electron chi connectivity index (χ1n) is 6.17. The summed E-state index contributed by atoms with van der Waals surface area (Å²) in [5.41, 5.74) is 0. The van der Waals surface area contributed by atoms with Crippen LogP contribution >= 0.6 is 0 Å². The number of benzene rings is 2. The van der Waals surface area contributed by atoms with Crippen LogP contribution in [0.15, 0.2) is 83.2 Å². The predicted octanol–water partition coefficient (Wildman–Crippen LogP) is -3.09. The first-order valence-corrected chi connectivity index (χ1v) is 6.87. The molecule has 0 N–H and O–H groups in total. The second-order valence-electron chi connectivity index (χ2n) is 3.92. The summed E-state index contributed by atoms with van der Waals surface area (Å²) in [5.74, 6) is 0.144. The second kappa shape index (κ2) is 14.6. The third-order valence-corrected chi connectivity index (χ3v) is 2.76. The summed E-state index contributed by atoms with van der Waals surface area (Å²) in [6.45, 7) is 0. The summed E-state index contributed by atoms with van der Waals surface area (Å²) < 4.78 is 1.41.